The number of hydrogen-bond acceptors (Lipinski definition) is 1. The minimum atomic E-state index is 0.650. The van der Waals surface area contributed by atoms with E-state index in [4.69, 9.17) is 4.74 Å². The Labute approximate surface area is 113 Å². The molecule has 1 heteroatoms. The van der Waals surface area contributed by atoms with Crippen LogP contribution in [-0.4, -0.2) is 12.2 Å². The van der Waals surface area contributed by atoms with Gasteiger partial charge in [-0.2, -0.15) is 0 Å². The fraction of sp³-hybridized carbons (Fsp3) is 1.00. The highest BCUT2D eigenvalue weighted by Gasteiger charge is 2.51. The largest absolute Gasteiger partial charge is 0.370 e. The maximum atomic E-state index is 5.78. The summed E-state index contributed by atoms with van der Waals surface area (Å²) in [4.78, 5) is 0. The lowest BCUT2D eigenvalue weighted by Gasteiger charge is -2.48. The summed E-state index contributed by atoms with van der Waals surface area (Å²) in [6.07, 6.45) is 15.8. The Bertz CT molecular complexity index is 275. The minimum Gasteiger partial charge on any atom is -0.370 e. The Morgan fingerprint density at radius 2 is 1.56 bits per heavy atom. The summed E-state index contributed by atoms with van der Waals surface area (Å²) in [6, 6.07) is 0. The topological polar surface area (TPSA) is 12.5 Å². The highest BCUT2D eigenvalue weighted by Crippen LogP contribution is 2.55. The number of hydrogen-bond donors (Lipinski definition) is 0. The molecule has 3 rings (SSSR count). The predicted octanol–water partition coefficient (Wildman–Crippen LogP) is 4.94. The molecule has 3 aliphatic rings. The van der Waals surface area contributed by atoms with E-state index in [1.54, 1.807) is 0 Å². The molecule has 2 saturated carbocycles. The summed E-state index contributed by atoms with van der Waals surface area (Å²) in [5.41, 5.74) is 0.650. The summed E-state index contributed by atoms with van der Waals surface area (Å²) >= 11 is 0. The van der Waals surface area contributed by atoms with Gasteiger partial charge in [-0.3, -0.25) is 0 Å². The molecule has 3 atom stereocenters. The van der Waals surface area contributed by atoms with Gasteiger partial charge in [-0.05, 0) is 62.2 Å². The maximum Gasteiger partial charge on any atom is 0.0844 e. The lowest BCUT2D eigenvalue weighted by molar-refractivity contribution is 0.0174. The second-order valence-corrected chi connectivity index (χ2v) is 7.00. The molecule has 0 bridgehead atoms. The standard InChI is InChI=1S/C17H30O/c1-3-17(4-2,13-8-6-5-7-9-13)14-10-11-15-16(12-14)18-15/h13-16H,3-12H2,1-2H3. The van der Waals surface area contributed by atoms with E-state index in [9.17, 15) is 0 Å². The summed E-state index contributed by atoms with van der Waals surface area (Å²) < 4.78 is 5.78. The smallest absolute Gasteiger partial charge is 0.0844 e. The first-order valence-electron chi connectivity index (χ1n) is 8.45. The van der Waals surface area contributed by atoms with Gasteiger partial charge in [-0.15, -0.1) is 0 Å². The van der Waals surface area contributed by atoms with Crippen LogP contribution in [0.1, 0.15) is 78.1 Å². The van der Waals surface area contributed by atoms with E-state index in [0.29, 0.717) is 17.6 Å². The average Bonchev–Trinajstić information content (AvgIpc) is 3.21. The second kappa shape index (κ2) is 5.15. The highest BCUT2D eigenvalue weighted by atomic mass is 16.6. The zero-order valence-electron chi connectivity index (χ0n) is 12.3. The van der Waals surface area contributed by atoms with Gasteiger partial charge in [0, 0.05) is 0 Å². The summed E-state index contributed by atoms with van der Waals surface area (Å²) in [6.45, 7) is 4.91. The number of epoxide rings is 1. The SMILES string of the molecule is CCC(CC)(C1CCCCC1)C1CCC2OC2C1. The Morgan fingerprint density at radius 1 is 0.833 bits per heavy atom. The van der Waals surface area contributed by atoms with Crippen LogP contribution < -0.4 is 0 Å². The fourth-order valence-electron chi connectivity index (χ4n) is 5.34. The van der Waals surface area contributed by atoms with Crippen LogP contribution in [0.25, 0.3) is 0 Å². The molecule has 1 nitrogen and oxygen atoms in total. The van der Waals surface area contributed by atoms with E-state index in [1.807, 2.05) is 0 Å². The highest BCUT2D eigenvalue weighted by molar-refractivity contribution is 5.00. The van der Waals surface area contributed by atoms with Crippen molar-refractivity contribution < 1.29 is 4.74 Å². The third kappa shape index (κ3) is 2.13. The molecule has 0 aromatic rings. The first-order valence-corrected chi connectivity index (χ1v) is 8.45. The molecule has 1 aliphatic heterocycles. The molecule has 0 aromatic carbocycles. The van der Waals surface area contributed by atoms with Crippen LogP contribution in [0.4, 0.5) is 0 Å². The molecule has 0 amide bonds. The van der Waals surface area contributed by atoms with Crippen molar-refractivity contribution in [1.29, 1.82) is 0 Å². The summed E-state index contributed by atoms with van der Waals surface area (Å²) in [7, 11) is 0. The first-order chi connectivity index (χ1) is 8.80. The van der Waals surface area contributed by atoms with Crippen molar-refractivity contribution in [2.45, 2.75) is 90.3 Å². The third-order valence-corrected chi connectivity index (χ3v) is 6.55. The van der Waals surface area contributed by atoms with Gasteiger partial charge in [0.25, 0.3) is 0 Å². The number of fused-ring (bicyclic) bond motifs is 1. The molecule has 0 aromatic heterocycles. The van der Waals surface area contributed by atoms with Gasteiger partial charge in [0.2, 0.25) is 0 Å². The second-order valence-electron chi connectivity index (χ2n) is 7.00. The van der Waals surface area contributed by atoms with Crippen LogP contribution in [0.3, 0.4) is 0 Å². The molecule has 0 N–H and O–H groups in total. The van der Waals surface area contributed by atoms with Crippen molar-refractivity contribution in [3.05, 3.63) is 0 Å². The average molecular weight is 250 g/mol. The first kappa shape index (κ1) is 13.0. The zero-order chi connectivity index (χ0) is 12.6. The lowest BCUT2D eigenvalue weighted by atomic mass is 9.56. The Morgan fingerprint density at radius 3 is 2.17 bits per heavy atom. The minimum absolute atomic E-state index is 0.650. The van der Waals surface area contributed by atoms with Crippen LogP contribution in [0.5, 0.6) is 0 Å². The predicted molar refractivity (Wildman–Crippen MR) is 75.6 cm³/mol. The van der Waals surface area contributed by atoms with E-state index >= 15 is 0 Å². The molecular weight excluding hydrogens is 220 g/mol. The van der Waals surface area contributed by atoms with Gasteiger partial charge < -0.3 is 4.74 Å². The quantitative estimate of drug-likeness (QED) is 0.644. The monoisotopic (exact) mass is 250 g/mol. The van der Waals surface area contributed by atoms with Crippen molar-refractivity contribution in [1.82, 2.24) is 0 Å². The Kier molecular flexibility index (Phi) is 3.71. The van der Waals surface area contributed by atoms with Crippen molar-refractivity contribution in [2.75, 3.05) is 0 Å². The molecule has 1 heterocycles. The molecule has 1 saturated heterocycles. The van der Waals surface area contributed by atoms with Gasteiger partial charge >= 0.3 is 0 Å². The van der Waals surface area contributed by atoms with Crippen molar-refractivity contribution in [3.63, 3.8) is 0 Å². The van der Waals surface area contributed by atoms with E-state index in [-0.39, 0.29) is 0 Å². The van der Waals surface area contributed by atoms with Crippen LogP contribution in [0.2, 0.25) is 0 Å². The van der Waals surface area contributed by atoms with Crippen LogP contribution >= 0.6 is 0 Å². The maximum absolute atomic E-state index is 5.78. The van der Waals surface area contributed by atoms with Gasteiger partial charge in [0.1, 0.15) is 0 Å². The number of ether oxygens (including phenoxy) is 1. The van der Waals surface area contributed by atoms with E-state index in [1.165, 1.54) is 64.2 Å². The third-order valence-electron chi connectivity index (χ3n) is 6.55. The molecule has 18 heavy (non-hydrogen) atoms. The number of rotatable bonds is 4. The zero-order valence-corrected chi connectivity index (χ0v) is 12.3. The summed E-state index contributed by atoms with van der Waals surface area (Å²) in [5, 5.41) is 0. The molecule has 3 unspecified atom stereocenters. The van der Waals surface area contributed by atoms with E-state index < -0.39 is 0 Å². The molecule has 2 aliphatic carbocycles. The van der Waals surface area contributed by atoms with Gasteiger partial charge in [0.15, 0.2) is 0 Å². The molecular formula is C17H30O. The molecule has 0 radical (unpaired) electrons. The Hall–Kier alpha value is -0.0400. The van der Waals surface area contributed by atoms with Crippen LogP contribution in [0, 0.1) is 17.3 Å². The van der Waals surface area contributed by atoms with Crippen LogP contribution in [0.15, 0.2) is 0 Å². The van der Waals surface area contributed by atoms with Crippen molar-refractivity contribution in [2.24, 2.45) is 17.3 Å². The van der Waals surface area contributed by atoms with E-state index in [0.717, 1.165) is 11.8 Å². The normalized spacial score (nSPS) is 37.3. The lowest BCUT2D eigenvalue weighted by Crippen LogP contribution is -2.40. The molecule has 3 fully saturated rings. The van der Waals surface area contributed by atoms with Gasteiger partial charge in [-0.25, -0.2) is 0 Å². The van der Waals surface area contributed by atoms with Crippen molar-refractivity contribution in [3.8, 4) is 0 Å². The summed E-state index contributed by atoms with van der Waals surface area (Å²) in [5.74, 6) is 1.97. The van der Waals surface area contributed by atoms with Gasteiger partial charge in [0.05, 0.1) is 12.2 Å². The van der Waals surface area contributed by atoms with Crippen LogP contribution in [-0.2, 0) is 4.74 Å². The fourth-order valence-corrected chi connectivity index (χ4v) is 5.34. The Balaban J connectivity index is 1.75. The van der Waals surface area contributed by atoms with Gasteiger partial charge in [-0.1, -0.05) is 33.1 Å². The van der Waals surface area contributed by atoms with Crippen molar-refractivity contribution >= 4 is 0 Å². The van der Waals surface area contributed by atoms with E-state index in [2.05, 4.69) is 13.8 Å². The molecule has 0 spiro atoms. The molecule has 104 valence electrons.